The Morgan fingerprint density at radius 3 is 2.74 bits per heavy atom. The van der Waals surface area contributed by atoms with Crippen molar-refractivity contribution in [3.05, 3.63) is 39.9 Å². The number of carbonyl (C=O) groups excluding carboxylic acids is 1. The largest absolute Gasteiger partial charge is 0.459 e. The van der Waals surface area contributed by atoms with Crippen LogP contribution in [0.4, 0.5) is 5.69 Å². The molecule has 0 N–H and O–H groups in total. The van der Waals surface area contributed by atoms with E-state index < -0.39 is 4.92 Å². The molecule has 0 unspecified atom stereocenters. The minimum absolute atomic E-state index is 0.0170. The Kier molecular flexibility index (Phi) is 4.07. The molecule has 100 valence electrons. The SMILES string of the molecule is O=C(CN1C=NCC1)OCc1ccc([N+](=O)[O-])cc1. The maximum atomic E-state index is 11.5. The van der Waals surface area contributed by atoms with Crippen LogP contribution in [0, 0.1) is 10.1 Å². The van der Waals surface area contributed by atoms with Gasteiger partial charge < -0.3 is 9.64 Å². The third-order valence-electron chi connectivity index (χ3n) is 2.64. The van der Waals surface area contributed by atoms with Gasteiger partial charge in [0.1, 0.15) is 13.2 Å². The zero-order valence-corrected chi connectivity index (χ0v) is 10.2. The van der Waals surface area contributed by atoms with Crippen molar-refractivity contribution < 1.29 is 14.5 Å². The van der Waals surface area contributed by atoms with Crippen LogP contribution in [-0.4, -0.2) is 41.8 Å². The number of nitro groups is 1. The fourth-order valence-corrected chi connectivity index (χ4v) is 1.63. The molecule has 1 aliphatic heterocycles. The summed E-state index contributed by atoms with van der Waals surface area (Å²) in [6.45, 7) is 1.72. The lowest BCUT2D eigenvalue weighted by molar-refractivity contribution is -0.384. The molecule has 2 rings (SSSR count). The van der Waals surface area contributed by atoms with Crippen molar-refractivity contribution in [2.24, 2.45) is 4.99 Å². The Hall–Kier alpha value is -2.44. The summed E-state index contributed by atoms with van der Waals surface area (Å²) in [7, 11) is 0. The number of rotatable bonds is 5. The van der Waals surface area contributed by atoms with Gasteiger partial charge in [-0.15, -0.1) is 0 Å². The number of carbonyl (C=O) groups is 1. The maximum Gasteiger partial charge on any atom is 0.325 e. The number of aliphatic imine (C=N–C) groups is 1. The number of nitro benzene ring substituents is 1. The lowest BCUT2D eigenvalue weighted by Crippen LogP contribution is -2.28. The van der Waals surface area contributed by atoms with Crippen LogP contribution in [0.25, 0.3) is 0 Å². The summed E-state index contributed by atoms with van der Waals surface area (Å²) in [6, 6.07) is 5.91. The van der Waals surface area contributed by atoms with Crippen LogP contribution in [0.3, 0.4) is 0 Å². The highest BCUT2D eigenvalue weighted by atomic mass is 16.6. The summed E-state index contributed by atoms with van der Waals surface area (Å²) in [4.78, 5) is 27.3. The number of benzene rings is 1. The first-order valence-electron chi connectivity index (χ1n) is 5.78. The molecule has 1 aromatic rings. The van der Waals surface area contributed by atoms with Gasteiger partial charge in [0, 0.05) is 18.7 Å². The highest BCUT2D eigenvalue weighted by molar-refractivity contribution is 5.75. The first-order chi connectivity index (χ1) is 9.15. The molecule has 0 atom stereocenters. The monoisotopic (exact) mass is 263 g/mol. The van der Waals surface area contributed by atoms with Gasteiger partial charge in [0.25, 0.3) is 5.69 Å². The van der Waals surface area contributed by atoms with E-state index in [0.29, 0.717) is 12.1 Å². The summed E-state index contributed by atoms with van der Waals surface area (Å²) < 4.78 is 5.08. The second-order valence-electron chi connectivity index (χ2n) is 4.08. The molecule has 1 heterocycles. The fraction of sp³-hybridized carbons (Fsp3) is 0.333. The topological polar surface area (TPSA) is 85.0 Å². The Balaban J connectivity index is 1.79. The smallest absolute Gasteiger partial charge is 0.325 e. The Morgan fingerprint density at radius 2 is 2.16 bits per heavy atom. The predicted octanol–water partition coefficient (Wildman–Crippen LogP) is 0.982. The van der Waals surface area contributed by atoms with Crippen LogP contribution in [0.1, 0.15) is 5.56 Å². The van der Waals surface area contributed by atoms with Crippen LogP contribution in [-0.2, 0) is 16.1 Å². The van der Waals surface area contributed by atoms with Crippen LogP contribution >= 0.6 is 0 Å². The van der Waals surface area contributed by atoms with Crippen molar-refractivity contribution in [1.82, 2.24) is 4.90 Å². The zero-order chi connectivity index (χ0) is 13.7. The molecular weight excluding hydrogens is 250 g/mol. The first-order valence-corrected chi connectivity index (χ1v) is 5.78. The van der Waals surface area contributed by atoms with Crippen LogP contribution in [0.2, 0.25) is 0 Å². The van der Waals surface area contributed by atoms with Gasteiger partial charge in [0.15, 0.2) is 0 Å². The number of ether oxygens (including phenoxy) is 1. The highest BCUT2D eigenvalue weighted by Gasteiger charge is 2.12. The van der Waals surface area contributed by atoms with E-state index >= 15 is 0 Å². The highest BCUT2D eigenvalue weighted by Crippen LogP contribution is 2.12. The molecule has 0 aliphatic carbocycles. The predicted molar refractivity (Wildman–Crippen MR) is 67.8 cm³/mol. The standard InChI is InChI=1S/C12H13N3O4/c16-12(7-14-6-5-13-9-14)19-8-10-1-3-11(4-2-10)15(17)18/h1-4,9H,5-8H2. The average molecular weight is 263 g/mol. The third kappa shape index (κ3) is 3.77. The number of esters is 1. The summed E-state index contributed by atoms with van der Waals surface area (Å²) in [6.07, 6.45) is 1.63. The fourth-order valence-electron chi connectivity index (χ4n) is 1.63. The molecular formula is C12H13N3O4. The first kappa shape index (κ1) is 13.0. The van der Waals surface area contributed by atoms with Gasteiger partial charge in [-0.1, -0.05) is 0 Å². The normalized spacial score (nSPS) is 13.6. The van der Waals surface area contributed by atoms with Gasteiger partial charge >= 0.3 is 5.97 Å². The molecule has 0 fully saturated rings. The lowest BCUT2D eigenvalue weighted by Gasteiger charge is -2.12. The van der Waals surface area contributed by atoms with Gasteiger partial charge in [0.05, 0.1) is 17.8 Å². The molecule has 0 radical (unpaired) electrons. The summed E-state index contributed by atoms with van der Waals surface area (Å²) in [5, 5.41) is 10.5. The van der Waals surface area contributed by atoms with Crippen molar-refractivity contribution >= 4 is 18.0 Å². The van der Waals surface area contributed by atoms with Crippen molar-refractivity contribution in [3.63, 3.8) is 0 Å². The second-order valence-corrected chi connectivity index (χ2v) is 4.08. The summed E-state index contributed by atoms with van der Waals surface area (Å²) >= 11 is 0. The van der Waals surface area contributed by atoms with E-state index in [2.05, 4.69) is 4.99 Å². The molecule has 0 amide bonds. The quantitative estimate of drug-likeness (QED) is 0.449. The molecule has 7 heteroatoms. The van der Waals surface area contributed by atoms with Crippen molar-refractivity contribution in [3.8, 4) is 0 Å². The molecule has 19 heavy (non-hydrogen) atoms. The van der Waals surface area contributed by atoms with Gasteiger partial charge in [-0.05, 0) is 17.7 Å². The third-order valence-corrected chi connectivity index (χ3v) is 2.64. The van der Waals surface area contributed by atoms with E-state index in [1.807, 2.05) is 0 Å². The van der Waals surface area contributed by atoms with Crippen LogP contribution in [0.15, 0.2) is 29.3 Å². The summed E-state index contributed by atoms with van der Waals surface area (Å²) in [5.41, 5.74) is 0.734. The molecule has 0 bridgehead atoms. The van der Waals surface area contributed by atoms with E-state index in [4.69, 9.17) is 4.74 Å². The van der Waals surface area contributed by atoms with Crippen LogP contribution in [0.5, 0.6) is 0 Å². The number of non-ortho nitro benzene ring substituents is 1. The Morgan fingerprint density at radius 1 is 1.42 bits per heavy atom. The average Bonchev–Trinajstić information content (AvgIpc) is 2.89. The number of hydrogen-bond donors (Lipinski definition) is 0. The Bertz CT molecular complexity index is 498. The van der Waals surface area contributed by atoms with Crippen molar-refractivity contribution in [2.75, 3.05) is 19.6 Å². The molecule has 1 aliphatic rings. The van der Waals surface area contributed by atoms with Crippen molar-refractivity contribution in [1.29, 1.82) is 0 Å². The minimum Gasteiger partial charge on any atom is -0.459 e. The Labute approximate surface area is 109 Å². The van der Waals surface area contributed by atoms with E-state index in [-0.39, 0.29) is 24.8 Å². The van der Waals surface area contributed by atoms with E-state index in [1.165, 1.54) is 12.1 Å². The second kappa shape index (κ2) is 5.94. The number of nitrogens with zero attached hydrogens (tertiary/aromatic N) is 3. The molecule has 0 spiro atoms. The molecule has 0 saturated heterocycles. The minimum atomic E-state index is -0.470. The van der Waals surface area contributed by atoms with Gasteiger partial charge in [-0.3, -0.25) is 19.9 Å². The van der Waals surface area contributed by atoms with E-state index in [0.717, 1.165) is 6.54 Å². The molecule has 0 saturated carbocycles. The van der Waals surface area contributed by atoms with E-state index in [1.54, 1.807) is 23.4 Å². The summed E-state index contributed by atoms with van der Waals surface area (Å²) in [5.74, 6) is -0.341. The van der Waals surface area contributed by atoms with Crippen molar-refractivity contribution in [2.45, 2.75) is 6.61 Å². The van der Waals surface area contributed by atoms with Gasteiger partial charge in [-0.25, -0.2) is 0 Å². The van der Waals surface area contributed by atoms with Crippen LogP contribution < -0.4 is 0 Å². The molecule has 1 aromatic carbocycles. The lowest BCUT2D eigenvalue weighted by atomic mass is 10.2. The molecule has 7 nitrogen and oxygen atoms in total. The van der Waals surface area contributed by atoms with Gasteiger partial charge in [-0.2, -0.15) is 0 Å². The van der Waals surface area contributed by atoms with Gasteiger partial charge in [0.2, 0.25) is 0 Å². The number of hydrogen-bond acceptors (Lipinski definition) is 6. The van der Waals surface area contributed by atoms with E-state index in [9.17, 15) is 14.9 Å². The maximum absolute atomic E-state index is 11.5. The zero-order valence-electron chi connectivity index (χ0n) is 10.2. The molecule has 0 aromatic heterocycles.